The Hall–Kier alpha value is -4.04. The van der Waals surface area contributed by atoms with Crippen LogP contribution in [0.3, 0.4) is 0 Å². The minimum absolute atomic E-state index is 0.149. The van der Waals surface area contributed by atoms with E-state index in [1.54, 1.807) is 0 Å². The van der Waals surface area contributed by atoms with Crippen molar-refractivity contribution in [1.29, 1.82) is 0 Å². The van der Waals surface area contributed by atoms with E-state index in [4.69, 9.17) is 0 Å². The van der Waals surface area contributed by atoms with Gasteiger partial charge >= 0.3 is 0 Å². The third-order valence-corrected chi connectivity index (χ3v) is 8.29. The Morgan fingerprint density at radius 3 is 2.16 bits per heavy atom. The van der Waals surface area contributed by atoms with Crippen LogP contribution in [0.5, 0.6) is 0 Å². The number of allylic oxidation sites excluding steroid dienone is 1. The molecule has 0 saturated heterocycles. The molecule has 0 bridgehead atoms. The van der Waals surface area contributed by atoms with Crippen LogP contribution >= 0.6 is 0 Å². The maximum absolute atomic E-state index is 2.45. The molecule has 37 heavy (non-hydrogen) atoms. The number of fused-ring (bicyclic) bond motifs is 6. The SMILES string of the molecule is CCc1ccc(-n2c3c(c4cc(-c5ccc6c(c5)c5ccccc5n6C)ccc42)CC(C)(C)C=C3)cc1. The van der Waals surface area contributed by atoms with Gasteiger partial charge in [0.15, 0.2) is 0 Å². The van der Waals surface area contributed by atoms with Gasteiger partial charge in [-0.15, -0.1) is 0 Å². The van der Waals surface area contributed by atoms with Gasteiger partial charge in [0.05, 0.1) is 5.52 Å². The van der Waals surface area contributed by atoms with Crippen LogP contribution in [0, 0.1) is 5.41 Å². The minimum atomic E-state index is 0.149. The first-order chi connectivity index (χ1) is 17.9. The molecule has 4 aromatic carbocycles. The summed E-state index contributed by atoms with van der Waals surface area (Å²) in [6.07, 6.45) is 6.82. The number of aromatic nitrogens is 2. The van der Waals surface area contributed by atoms with Gasteiger partial charge in [0.2, 0.25) is 0 Å². The van der Waals surface area contributed by atoms with Gasteiger partial charge in [0.25, 0.3) is 0 Å². The lowest BCUT2D eigenvalue weighted by Crippen LogP contribution is -2.16. The Morgan fingerprint density at radius 1 is 0.730 bits per heavy atom. The fourth-order valence-corrected chi connectivity index (χ4v) is 6.24. The van der Waals surface area contributed by atoms with E-state index >= 15 is 0 Å². The highest BCUT2D eigenvalue weighted by atomic mass is 15.0. The van der Waals surface area contributed by atoms with Gasteiger partial charge in [-0.25, -0.2) is 0 Å². The summed E-state index contributed by atoms with van der Waals surface area (Å²) in [7, 11) is 2.16. The molecule has 2 aromatic heterocycles. The van der Waals surface area contributed by atoms with Crippen LogP contribution in [0.4, 0.5) is 0 Å². The van der Waals surface area contributed by atoms with E-state index in [2.05, 4.69) is 134 Å². The van der Waals surface area contributed by atoms with Gasteiger partial charge < -0.3 is 9.13 Å². The Labute approximate surface area is 218 Å². The molecule has 2 heterocycles. The average Bonchev–Trinajstić information content (AvgIpc) is 3.39. The lowest BCUT2D eigenvalue weighted by molar-refractivity contribution is 0.476. The largest absolute Gasteiger partial charge is 0.344 e. The van der Waals surface area contributed by atoms with Crippen molar-refractivity contribution >= 4 is 38.8 Å². The maximum atomic E-state index is 2.45. The number of rotatable bonds is 3. The molecule has 0 spiro atoms. The molecule has 0 radical (unpaired) electrons. The standard InChI is InChI=1S/C35H32N2/c1-5-23-10-14-26(15-11-23)37-33-17-13-25(21-29(33)30-22-35(2,3)19-18-34(30)37)24-12-16-32-28(20-24)27-8-6-7-9-31(27)36(32)4/h6-21H,5,22H2,1-4H3. The Balaban J connectivity index is 1.44. The van der Waals surface area contributed by atoms with Crippen LogP contribution in [-0.4, -0.2) is 9.13 Å². The fraction of sp³-hybridized carbons (Fsp3) is 0.200. The van der Waals surface area contributed by atoms with E-state index in [1.807, 2.05) is 0 Å². The third-order valence-electron chi connectivity index (χ3n) is 8.29. The van der Waals surface area contributed by atoms with Gasteiger partial charge in [0, 0.05) is 45.6 Å². The fourth-order valence-electron chi connectivity index (χ4n) is 6.24. The predicted molar refractivity (Wildman–Crippen MR) is 159 cm³/mol. The number of para-hydroxylation sites is 1. The zero-order valence-electron chi connectivity index (χ0n) is 22.0. The summed E-state index contributed by atoms with van der Waals surface area (Å²) in [5.74, 6) is 0. The van der Waals surface area contributed by atoms with Crippen LogP contribution in [0.15, 0.2) is 91.0 Å². The first-order valence-electron chi connectivity index (χ1n) is 13.4. The smallest absolute Gasteiger partial charge is 0.0538 e. The lowest BCUT2D eigenvalue weighted by atomic mass is 9.80. The van der Waals surface area contributed by atoms with Gasteiger partial charge in [0.1, 0.15) is 0 Å². The van der Waals surface area contributed by atoms with Gasteiger partial charge in [-0.3, -0.25) is 0 Å². The van der Waals surface area contributed by atoms with Crippen molar-refractivity contribution in [2.24, 2.45) is 12.5 Å². The number of aryl methyl sites for hydroxylation is 2. The highest BCUT2D eigenvalue weighted by Gasteiger charge is 2.27. The molecule has 0 saturated carbocycles. The summed E-state index contributed by atoms with van der Waals surface area (Å²) >= 11 is 0. The minimum Gasteiger partial charge on any atom is -0.344 e. The summed E-state index contributed by atoms with van der Waals surface area (Å²) in [5.41, 5.74) is 11.9. The molecular formula is C35H32N2. The van der Waals surface area contributed by atoms with E-state index in [0.29, 0.717) is 0 Å². The molecule has 0 fully saturated rings. The van der Waals surface area contributed by atoms with Crippen LogP contribution < -0.4 is 0 Å². The first-order valence-corrected chi connectivity index (χ1v) is 13.4. The molecule has 1 aliphatic carbocycles. The number of nitrogens with zero attached hydrogens (tertiary/aromatic N) is 2. The van der Waals surface area contributed by atoms with E-state index in [1.165, 1.54) is 66.3 Å². The summed E-state index contributed by atoms with van der Waals surface area (Å²) in [4.78, 5) is 0. The van der Waals surface area contributed by atoms with Crippen molar-refractivity contribution in [3.05, 3.63) is 108 Å². The maximum Gasteiger partial charge on any atom is 0.0538 e. The second kappa shape index (κ2) is 7.98. The van der Waals surface area contributed by atoms with E-state index in [0.717, 1.165) is 12.8 Å². The molecule has 2 nitrogen and oxygen atoms in total. The first kappa shape index (κ1) is 22.2. The molecule has 0 aliphatic heterocycles. The molecule has 7 rings (SSSR count). The Morgan fingerprint density at radius 2 is 1.41 bits per heavy atom. The normalized spacial score (nSPS) is 14.6. The van der Waals surface area contributed by atoms with Gasteiger partial charge in [-0.1, -0.05) is 69.3 Å². The van der Waals surface area contributed by atoms with Crippen LogP contribution in [0.2, 0.25) is 0 Å². The van der Waals surface area contributed by atoms with E-state index in [-0.39, 0.29) is 5.41 Å². The Bertz CT molecular complexity index is 1860. The molecule has 182 valence electrons. The van der Waals surface area contributed by atoms with Crippen molar-refractivity contribution in [1.82, 2.24) is 9.13 Å². The lowest BCUT2D eigenvalue weighted by Gasteiger charge is -2.25. The van der Waals surface area contributed by atoms with Gasteiger partial charge in [-0.05, 0) is 89.1 Å². The average molecular weight is 481 g/mol. The summed E-state index contributed by atoms with van der Waals surface area (Å²) < 4.78 is 4.75. The number of benzene rings is 4. The van der Waals surface area contributed by atoms with Crippen LogP contribution in [0.25, 0.3) is 55.6 Å². The number of hydrogen-bond donors (Lipinski definition) is 0. The summed E-state index contributed by atoms with van der Waals surface area (Å²) in [5, 5.41) is 3.99. The van der Waals surface area contributed by atoms with Crippen molar-refractivity contribution in [2.75, 3.05) is 0 Å². The van der Waals surface area contributed by atoms with Gasteiger partial charge in [-0.2, -0.15) is 0 Å². The number of hydrogen-bond acceptors (Lipinski definition) is 0. The second-order valence-electron chi connectivity index (χ2n) is 11.3. The topological polar surface area (TPSA) is 9.86 Å². The van der Waals surface area contributed by atoms with Crippen molar-refractivity contribution in [3.8, 4) is 16.8 Å². The molecule has 2 heteroatoms. The third kappa shape index (κ3) is 3.39. The zero-order valence-corrected chi connectivity index (χ0v) is 22.0. The van der Waals surface area contributed by atoms with Crippen molar-refractivity contribution in [2.45, 2.75) is 33.6 Å². The van der Waals surface area contributed by atoms with Crippen LogP contribution in [-0.2, 0) is 19.9 Å². The van der Waals surface area contributed by atoms with Crippen molar-refractivity contribution < 1.29 is 0 Å². The quantitative estimate of drug-likeness (QED) is 0.239. The molecular weight excluding hydrogens is 448 g/mol. The predicted octanol–water partition coefficient (Wildman–Crippen LogP) is 9.10. The summed E-state index contributed by atoms with van der Waals surface area (Å²) in [6, 6.07) is 31.7. The highest BCUT2D eigenvalue weighted by molar-refractivity contribution is 6.09. The molecule has 0 N–H and O–H groups in total. The zero-order chi connectivity index (χ0) is 25.3. The van der Waals surface area contributed by atoms with Crippen LogP contribution in [0.1, 0.15) is 37.6 Å². The second-order valence-corrected chi connectivity index (χ2v) is 11.3. The van der Waals surface area contributed by atoms with E-state index < -0.39 is 0 Å². The van der Waals surface area contributed by atoms with Crippen molar-refractivity contribution in [3.63, 3.8) is 0 Å². The van der Waals surface area contributed by atoms with E-state index in [9.17, 15) is 0 Å². The Kier molecular flexibility index (Phi) is 4.78. The molecule has 0 unspecified atom stereocenters. The molecule has 1 aliphatic rings. The molecule has 6 aromatic rings. The molecule has 0 amide bonds. The highest BCUT2D eigenvalue weighted by Crippen LogP contribution is 2.41. The summed E-state index contributed by atoms with van der Waals surface area (Å²) in [6.45, 7) is 6.89. The monoisotopic (exact) mass is 480 g/mol. The molecule has 0 atom stereocenters.